The molecule has 19 heavy (non-hydrogen) atoms. The van der Waals surface area contributed by atoms with Crippen molar-refractivity contribution in [3.8, 4) is 0 Å². The monoisotopic (exact) mass is 257 g/mol. The molecule has 0 saturated heterocycles. The first kappa shape index (κ1) is 13.4. The molecule has 0 atom stereocenters. The Morgan fingerprint density at radius 1 is 1.32 bits per heavy atom. The Hall–Kier alpha value is -2.03. The number of methoxy groups -OCH3 is 1. The zero-order chi connectivity index (χ0) is 13.8. The van der Waals surface area contributed by atoms with Crippen LogP contribution in [0.25, 0.3) is 5.57 Å². The molecule has 1 aromatic rings. The summed E-state index contributed by atoms with van der Waals surface area (Å²) < 4.78 is 4.87. The smallest absolute Gasteiger partial charge is 0.338 e. The van der Waals surface area contributed by atoms with E-state index in [0.29, 0.717) is 5.57 Å². The van der Waals surface area contributed by atoms with Crippen molar-refractivity contribution in [2.24, 2.45) is 0 Å². The highest BCUT2D eigenvalue weighted by molar-refractivity contribution is 6.06. The van der Waals surface area contributed by atoms with Gasteiger partial charge in [0.15, 0.2) is 0 Å². The Bertz CT molecular complexity index is 526. The molecule has 1 aliphatic rings. The Kier molecular flexibility index (Phi) is 4.05. The zero-order valence-electron chi connectivity index (χ0n) is 11.6. The lowest BCUT2D eigenvalue weighted by Crippen LogP contribution is -2.23. The van der Waals surface area contributed by atoms with Gasteiger partial charge in [-0.15, -0.1) is 0 Å². The van der Waals surface area contributed by atoms with Crippen LogP contribution in [0.15, 0.2) is 42.1 Å². The Balaban J connectivity index is 2.41. The molecule has 0 radical (unpaired) electrons. The first-order chi connectivity index (χ1) is 9.15. The minimum Gasteiger partial charge on any atom is -0.465 e. The molecule has 100 valence electrons. The van der Waals surface area contributed by atoms with Crippen LogP contribution in [-0.4, -0.2) is 31.1 Å². The molecule has 0 fully saturated rings. The normalized spacial score (nSPS) is 14.8. The predicted molar refractivity (Wildman–Crippen MR) is 76.5 cm³/mol. The van der Waals surface area contributed by atoms with E-state index in [1.165, 1.54) is 12.7 Å². The molecule has 0 aromatic heterocycles. The van der Waals surface area contributed by atoms with E-state index in [2.05, 4.69) is 30.9 Å². The van der Waals surface area contributed by atoms with Crippen molar-refractivity contribution in [3.63, 3.8) is 0 Å². The maximum atomic E-state index is 11.9. The van der Waals surface area contributed by atoms with Gasteiger partial charge in [0, 0.05) is 24.9 Å². The number of hydrogen-bond donors (Lipinski definition) is 0. The molecular formula is C16H19NO2. The molecule has 0 amide bonds. The third-order valence-electron chi connectivity index (χ3n) is 3.31. The largest absolute Gasteiger partial charge is 0.465 e. The Morgan fingerprint density at radius 3 is 2.58 bits per heavy atom. The van der Waals surface area contributed by atoms with Crippen LogP contribution in [0.5, 0.6) is 0 Å². The number of aryl methyl sites for hydroxylation is 1. The number of carbonyl (C=O) groups excluding carboxylic acids is 1. The van der Waals surface area contributed by atoms with Crippen molar-refractivity contribution in [1.29, 1.82) is 0 Å². The summed E-state index contributed by atoms with van der Waals surface area (Å²) in [5.74, 6) is -0.275. The number of hydrogen-bond acceptors (Lipinski definition) is 3. The van der Waals surface area contributed by atoms with Crippen LogP contribution >= 0.6 is 0 Å². The van der Waals surface area contributed by atoms with E-state index < -0.39 is 0 Å². The van der Waals surface area contributed by atoms with Crippen molar-refractivity contribution >= 4 is 11.5 Å². The predicted octanol–water partition coefficient (Wildman–Crippen LogP) is 2.77. The molecule has 0 spiro atoms. The Morgan fingerprint density at radius 2 is 2.00 bits per heavy atom. The second kappa shape index (κ2) is 5.74. The number of nitrogens with zero attached hydrogens (tertiary/aromatic N) is 1. The lowest BCUT2D eigenvalue weighted by molar-refractivity contribution is -0.135. The molecule has 1 aromatic carbocycles. The van der Waals surface area contributed by atoms with Gasteiger partial charge < -0.3 is 9.64 Å². The number of carbonyl (C=O) groups is 1. The average Bonchev–Trinajstić information content (AvgIpc) is 2.46. The van der Waals surface area contributed by atoms with Crippen LogP contribution in [0.4, 0.5) is 0 Å². The first-order valence-electron chi connectivity index (χ1n) is 6.47. The van der Waals surface area contributed by atoms with E-state index in [9.17, 15) is 4.79 Å². The standard InChI is InChI=1S/C16H19NO2/c1-4-17-10-9-14(16(18)19-3)15(11-17)13-7-5-12(2)6-8-13/h5-9,11H,4,10H2,1-3H3. The number of benzene rings is 1. The van der Waals surface area contributed by atoms with E-state index in [0.717, 1.165) is 24.2 Å². The van der Waals surface area contributed by atoms with Crippen molar-refractivity contribution < 1.29 is 9.53 Å². The van der Waals surface area contributed by atoms with Gasteiger partial charge in [0.05, 0.1) is 12.7 Å². The second-order valence-corrected chi connectivity index (χ2v) is 4.61. The minimum atomic E-state index is -0.275. The zero-order valence-corrected chi connectivity index (χ0v) is 11.6. The van der Waals surface area contributed by atoms with Crippen LogP contribution in [0, 0.1) is 6.92 Å². The molecule has 3 heteroatoms. The van der Waals surface area contributed by atoms with Crippen molar-refractivity contribution in [2.75, 3.05) is 20.2 Å². The molecule has 1 heterocycles. The summed E-state index contributed by atoms with van der Waals surface area (Å²) in [4.78, 5) is 14.0. The van der Waals surface area contributed by atoms with Gasteiger partial charge >= 0.3 is 5.97 Å². The third-order valence-corrected chi connectivity index (χ3v) is 3.31. The number of esters is 1. The van der Waals surface area contributed by atoms with Crippen LogP contribution < -0.4 is 0 Å². The maximum Gasteiger partial charge on any atom is 0.338 e. The van der Waals surface area contributed by atoms with Crippen molar-refractivity contribution in [3.05, 3.63) is 53.2 Å². The molecule has 0 bridgehead atoms. The summed E-state index contributed by atoms with van der Waals surface area (Å²) in [6, 6.07) is 8.18. The van der Waals surface area contributed by atoms with E-state index >= 15 is 0 Å². The fourth-order valence-electron chi connectivity index (χ4n) is 2.11. The summed E-state index contributed by atoms with van der Waals surface area (Å²) in [6.45, 7) is 5.81. The van der Waals surface area contributed by atoms with Crippen LogP contribution in [-0.2, 0) is 9.53 Å². The lowest BCUT2D eigenvalue weighted by Gasteiger charge is -2.24. The lowest BCUT2D eigenvalue weighted by atomic mass is 9.95. The molecule has 0 unspecified atom stereocenters. The number of ether oxygens (including phenoxy) is 1. The van der Waals surface area contributed by atoms with E-state index in [4.69, 9.17) is 4.74 Å². The summed E-state index contributed by atoms with van der Waals surface area (Å²) in [7, 11) is 1.42. The highest BCUT2D eigenvalue weighted by Crippen LogP contribution is 2.27. The maximum absolute atomic E-state index is 11.9. The molecule has 0 saturated carbocycles. The van der Waals surface area contributed by atoms with Crippen molar-refractivity contribution in [2.45, 2.75) is 13.8 Å². The van der Waals surface area contributed by atoms with Crippen molar-refractivity contribution in [1.82, 2.24) is 4.90 Å². The van der Waals surface area contributed by atoms with E-state index in [-0.39, 0.29) is 5.97 Å². The molecule has 0 aliphatic carbocycles. The molecule has 1 aliphatic heterocycles. The van der Waals surface area contributed by atoms with Gasteiger partial charge in [0.1, 0.15) is 0 Å². The SMILES string of the molecule is CCN1C=C(c2ccc(C)cc2)C(C(=O)OC)=CC1. The molecule has 0 N–H and O–H groups in total. The van der Waals surface area contributed by atoms with Gasteiger partial charge in [-0.05, 0) is 19.4 Å². The highest BCUT2D eigenvalue weighted by atomic mass is 16.5. The highest BCUT2D eigenvalue weighted by Gasteiger charge is 2.20. The second-order valence-electron chi connectivity index (χ2n) is 4.61. The van der Waals surface area contributed by atoms with Gasteiger partial charge in [-0.2, -0.15) is 0 Å². The van der Waals surface area contributed by atoms with Gasteiger partial charge in [-0.25, -0.2) is 4.79 Å². The topological polar surface area (TPSA) is 29.5 Å². The average molecular weight is 257 g/mol. The summed E-state index contributed by atoms with van der Waals surface area (Å²) >= 11 is 0. The van der Waals surface area contributed by atoms with E-state index in [1.807, 2.05) is 24.4 Å². The fraction of sp³-hybridized carbons (Fsp3) is 0.312. The minimum absolute atomic E-state index is 0.275. The van der Waals surface area contributed by atoms with Crippen LogP contribution in [0.1, 0.15) is 18.1 Å². The van der Waals surface area contributed by atoms with Gasteiger partial charge in [0.2, 0.25) is 0 Å². The summed E-state index contributed by atoms with van der Waals surface area (Å²) in [5.41, 5.74) is 3.83. The third kappa shape index (κ3) is 2.87. The summed E-state index contributed by atoms with van der Waals surface area (Å²) in [5, 5.41) is 0. The number of likely N-dealkylation sites (N-methyl/N-ethyl adjacent to an activating group) is 1. The number of rotatable bonds is 3. The van der Waals surface area contributed by atoms with E-state index in [1.54, 1.807) is 0 Å². The first-order valence-corrected chi connectivity index (χ1v) is 6.47. The quantitative estimate of drug-likeness (QED) is 0.780. The van der Waals surface area contributed by atoms with Gasteiger partial charge in [0.25, 0.3) is 0 Å². The fourth-order valence-corrected chi connectivity index (χ4v) is 2.11. The van der Waals surface area contributed by atoms with Gasteiger partial charge in [-0.1, -0.05) is 35.9 Å². The Labute approximate surface area is 114 Å². The summed E-state index contributed by atoms with van der Waals surface area (Å²) in [6.07, 6.45) is 3.97. The van der Waals surface area contributed by atoms with Gasteiger partial charge in [-0.3, -0.25) is 0 Å². The van der Waals surface area contributed by atoms with Crippen LogP contribution in [0.2, 0.25) is 0 Å². The molecular weight excluding hydrogens is 238 g/mol. The molecule has 2 rings (SSSR count). The molecule has 3 nitrogen and oxygen atoms in total. The van der Waals surface area contributed by atoms with Crippen LogP contribution in [0.3, 0.4) is 0 Å².